The van der Waals surface area contributed by atoms with Gasteiger partial charge in [-0.1, -0.05) is 13.8 Å². The highest BCUT2D eigenvalue weighted by atomic mass is 19.4. The number of alkyl halides is 6. The Bertz CT molecular complexity index is 1150. The average Bonchev–Trinajstić information content (AvgIpc) is 3.57. The van der Waals surface area contributed by atoms with Crippen molar-refractivity contribution < 1.29 is 50.3 Å². The smallest absolute Gasteiger partial charge is 0.366 e. The fraction of sp³-hybridized carbons (Fsp3) is 0.800. The first-order valence-electron chi connectivity index (χ1n) is 13.2. The van der Waals surface area contributed by atoms with Crippen LogP contribution in [0.25, 0.3) is 0 Å². The number of nitrogens with one attached hydrogen (secondary N) is 3. The molecule has 4 aliphatic rings. The van der Waals surface area contributed by atoms with Gasteiger partial charge in [0, 0.05) is 18.0 Å². The molecule has 0 radical (unpaired) electrons. The first kappa shape index (κ1) is 30.9. The minimum atomic E-state index is -5.44. The predicted octanol–water partition coefficient (Wildman–Crippen LogP) is 1.55. The molecular weight excluding hydrogens is 564 g/mol. The van der Waals surface area contributed by atoms with Crippen molar-refractivity contribution in [2.75, 3.05) is 13.2 Å². The van der Waals surface area contributed by atoms with E-state index in [0.29, 0.717) is 6.42 Å². The SMILES string of the molecule is CC(OCC(F)(F)F)C(NC(=O)C(F)(F)F)C(=O)N1CC2C(C1C(=O)NC(C#N)CC1CC3(CC3)NC1=O)C2(C)C. The van der Waals surface area contributed by atoms with Crippen molar-refractivity contribution in [3.05, 3.63) is 0 Å². The average molecular weight is 596 g/mol. The van der Waals surface area contributed by atoms with E-state index in [2.05, 4.69) is 15.4 Å². The summed E-state index contributed by atoms with van der Waals surface area (Å²) in [7, 11) is 0. The Morgan fingerprint density at radius 2 is 1.80 bits per heavy atom. The molecule has 41 heavy (non-hydrogen) atoms. The van der Waals surface area contributed by atoms with Crippen LogP contribution in [0.4, 0.5) is 26.3 Å². The predicted molar refractivity (Wildman–Crippen MR) is 126 cm³/mol. The van der Waals surface area contributed by atoms with E-state index in [9.17, 15) is 50.8 Å². The molecule has 1 spiro atoms. The standard InChI is InChI=1S/C25H31F6N5O5/c1-11(41-10-24(26,27)28)16(34-21(40)25(29,30)31)20(39)36-9-14-15(22(14,2)3)17(36)19(38)33-13(8-32)6-12-7-23(4-5-23)35-18(12)37/h11-17H,4-7,9-10H2,1-3H3,(H,33,38)(H,34,40)(H,35,37). The second kappa shape index (κ2) is 10.3. The number of likely N-dealkylation sites (tertiary alicyclic amines) is 1. The molecule has 2 saturated heterocycles. The molecule has 0 aromatic heterocycles. The van der Waals surface area contributed by atoms with Gasteiger partial charge in [-0.05, 0) is 49.9 Å². The summed E-state index contributed by atoms with van der Waals surface area (Å²) in [6.07, 6.45) is -9.96. The maximum absolute atomic E-state index is 13.5. The van der Waals surface area contributed by atoms with E-state index in [-0.39, 0.29) is 30.3 Å². The van der Waals surface area contributed by atoms with Gasteiger partial charge < -0.3 is 25.6 Å². The molecule has 3 N–H and O–H groups in total. The number of nitrogens with zero attached hydrogens (tertiary/aromatic N) is 2. The molecule has 0 bridgehead atoms. The molecule has 4 rings (SSSR count). The third-order valence-electron chi connectivity index (χ3n) is 8.79. The van der Waals surface area contributed by atoms with Crippen molar-refractivity contribution in [3.8, 4) is 6.07 Å². The Labute approximate surface area is 231 Å². The van der Waals surface area contributed by atoms with Crippen LogP contribution in [0.15, 0.2) is 0 Å². The van der Waals surface area contributed by atoms with Gasteiger partial charge in [-0.25, -0.2) is 0 Å². The molecule has 0 aromatic carbocycles. The summed E-state index contributed by atoms with van der Waals surface area (Å²) in [6.45, 7) is 2.56. The molecule has 7 atom stereocenters. The quantitative estimate of drug-likeness (QED) is 0.346. The zero-order valence-corrected chi connectivity index (χ0v) is 22.5. The van der Waals surface area contributed by atoms with Gasteiger partial charge in [-0.3, -0.25) is 19.2 Å². The zero-order chi connectivity index (χ0) is 30.7. The van der Waals surface area contributed by atoms with Crippen LogP contribution in [0, 0.1) is 34.5 Å². The van der Waals surface area contributed by atoms with Crippen LogP contribution in [-0.4, -0.2) is 83.8 Å². The normalized spacial score (nSPS) is 29.6. The maximum atomic E-state index is 13.5. The first-order chi connectivity index (χ1) is 18.8. The highest BCUT2D eigenvalue weighted by molar-refractivity contribution is 5.95. The van der Waals surface area contributed by atoms with Gasteiger partial charge in [0.1, 0.15) is 24.7 Å². The van der Waals surface area contributed by atoms with Crippen molar-refractivity contribution >= 4 is 23.6 Å². The van der Waals surface area contributed by atoms with E-state index >= 15 is 0 Å². The molecule has 228 valence electrons. The molecule has 10 nitrogen and oxygen atoms in total. The van der Waals surface area contributed by atoms with Crippen LogP contribution in [-0.2, 0) is 23.9 Å². The number of carbonyl (C=O) groups is 4. The zero-order valence-electron chi connectivity index (χ0n) is 22.5. The van der Waals surface area contributed by atoms with E-state index in [4.69, 9.17) is 0 Å². The lowest BCUT2D eigenvalue weighted by Crippen LogP contribution is -2.61. The van der Waals surface area contributed by atoms with E-state index < -0.39 is 78.2 Å². The van der Waals surface area contributed by atoms with E-state index in [1.165, 1.54) is 5.32 Å². The molecule has 2 heterocycles. The second-order valence-electron chi connectivity index (χ2n) is 12.1. The summed E-state index contributed by atoms with van der Waals surface area (Å²) in [5, 5.41) is 16.5. The lowest BCUT2D eigenvalue weighted by molar-refractivity contribution is -0.191. The fourth-order valence-electron chi connectivity index (χ4n) is 6.25. The van der Waals surface area contributed by atoms with Crippen molar-refractivity contribution in [2.45, 2.75) is 88.6 Å². The minimum absolute atomic E-state index is 0.0144. The first-order valence-corrected chi connectivity index (χ1v) is 13.2. The highest BCUT2D eigenvalue weighted by Crippen LogP contribution is 2.65. The van der Waals surface area contributed by atoms with E-state index in [0.717, 1.165) is 24.7 Å². The minimum Gasteiger partial charge on any atom is -0.366 e. The molecule has 16 heteroatoms. The van der Waals surface area contributed by atoms with Gasteiger partial charge in [-0.15, -0.1) is 0 Å². The van der Waals surface area contributed by atoms with Crippen molar-refractivity contribution in [1.82, 2.24) is 20.9 Å². The summed E-state index contributed by atoms with van der Waals surface area (Å²) >= 11 is 0. The van der Waals surface area contributed by atoms with Gasteiger partial charge in [-0.2, -0.15) is 31.6 Å². The summed E-state index contributed by atoms with van der Waals surface area (Å²) in [6, 6.07) is -2.64. The number of halogens is 6. The number of ether oxygens (including phenoxy) is 1. The lowest BCUT2D eigenvalue weighted by atomic mass is 9.95. The van der Waals surface area contributed by atoms with Crippen molar-refractivity contribution in [3.63, 3.8) is 0 Å². The monoisotopic (exact) mass is 595 g/mol. The van der Waals surface area contributed by atoms with Crippen molar-refractivity contribution in [2.24, 2.45) is 23.2 Å². The number of fused-ring (bicyclic) bond motifs is 1. The number of hydrogen-bond donors (Lipinski definition) is 3. The highest BCUT2D eigenvalue weighted by Gasteiger charge is 2.70. The Morgan fingerprint density at radius 3 is 2.32 bits per heavy atom. The largest absolute Gasteiger partial charge is 0.471 e. The number of carbonyl (C=O) groups excluding carboxylic acids is 4. The van der Waals surface area contributed by atoms with Gasteiger partial charge in [0.2, 0.25) is 17.7 Å². The maximum Gasteiger partial charge on any atom is 0.471 e. The molecule has 7 unspecified atom stereocenters. The molecule has 2 saturated carbocycles. The van der Waals surface area contributed by atoms with Crippen LogP contribution in [0.5, 0.6) is 0 Å². The summed E-state index contributed by atoms with van der Waals surface area (Å²) < 4.78 is 81.8. The summed E-state index contributed by atoms with van der Waals surface area (Å²) in [5.41, 5.74) is -0.708. The Kier molecular flexibility index (Phi) is 7.77. The van der Waals surface area contributed by atoms with Gasteiger partial charge >= 0.3 is 18.3 Å². The number of rotatable bonds is 9. The number of hydrogen-bond acceptors (Lipinski definition) is 6. The van der Waals surface area contributed by atoms with Gasteiger partial charge in [0.25, 0.3) is 0 Å². The van der Waals surface area contributed by atoms with Gasteiger partial charge in [0.15, 0.2) is 0 Å². The van der Waals surface area contributed by atoms with Crippen LogP contribution in [0.2, 0.25) is 0 Å². The third kappa shape index (κ3) is 6.39. The summed E-state index contributed by atoms with van der Waals surface area (Å²) in [4.78, 5) is 51.9. The van der Waals surface area contributed by atoms with Gasteiger partial charge in [0.05, 0.1) is 12.2 Å². The number of piperidine rings is 1. The Hall–Kier alpha value is -3.09. The molecule has 4 amide bonds. The number of amides is 4. The lowest BCUT2D eigenvalue weighted by Gasteiger charge is -2.35. The second-order valence-corrected chi connectivity index (χ2v) is 12.1. The van der Waals surface area contributed by atoms with Crippen LogP contribution < -0.4 is 16.0 Å². The number of nitriles is 1. The van der Waals surface area contributed by atoms with Crippen LogP contribution in [0.1, 0.15) is 46.5 Å². The Morgan fingerprint density at radius 1 is 1.17 bits per heavy atom. The fourth-order valence-corrected chi connectivity index (χ4v) is 6.25. The van der Waals surface area contributed by atoms with E-state index in [1.54, 1.807) is 0 Å². The van der Waals surface area contributed by atoms with Crippen molar-refractivity contribution in [1.29, 1.82) is 5.26 Å². The topological polar surface area (TPSA) is 141 Å². The summed E-state index contributed by atoms with van der Waals surface area (Å²) in [5.74, 6) is -6.02. The van der Waals surface area contributed by atoms with E-state index in [1.807, 2.05) is 19.9 Å². The molecule has 2 aliphatic heterocycles. The third-order valence-corrected chi connectivity index (χ3v) is 8.79. The van der Waals surface area contributed by atoms with Crippen LogP contribution >= 0.6 is 0 Å². The molecule has 4 fully saturated rings. The molecule has 2 aliphatic carbocycles. The van der Waals surface area contributed by atoms with Crippen LogP contribution in [0.3, 0.4) is 0 Å². The molecular formula is C25H31F6N5O5. The Balaban J connectivity index is 1.52. The molecule has 0 aromatic rings.